The summed E-state index contributed by atoms with van der Waals surface area (Å²) in [6, 6.07) is 0. The van der Waals surface area contributed by atoms with Gasteiger partial charge in [-0.1, -0.05) is 0 Å². The normalized spacial score (nSPS) is 13.0. The quantitative estimate of drug-likeness (QED) is 0.700. The van der Waals surface area contributed by atoms with Gasteiger partial charge in [0, 0.05) is 0 Å². The van der Waals surface area contributed by atoms with Crippen LogP contribution in [0.2, 0.25) is 0 Å². The van der Waals surface area contributed by atoms with Gasteiger partial charge in [0.1, 0.15) is 0 Å². The van der Waals surface area contributed by atoms with Crippen LogP contribution in [0, 0.1) is 0 Å². The van der Waals surface area contributed by atoms with Gasteiger partial charge in [-0.2, -0.15) is 17.6 Å². The van der Waals surface area contributed by atoms with Gasteiger partial charge >= 0.3 is 18.3 Å². The summed E-state index contributed by atoms with van der Waals surface area (Å²) in [5, 5.41) is 0. The summed E-state index contributed by atoms with van der Waals surface area (Å²) in [7, 11) is 0. The molecule has 1 nitrogen and oxygen atoms in total. The average molecular weight is 201 g/mol. The lowest BCUT2D eigenvalue weighted by Crippen LogP contribution is -2.47. The first-order valence-corrected chi connectivity index (χ1v) is 2.35. The molecule has 0 spiro atoms. The molecule has 0 unspecified atom stereocenters. The molecule has 0 aromatic heterocycles. The highest BCUT2D eigenvalue weighted by Crippen LogP contribution is 2.39. The Balaban J connectivity index is 0. The van der Waals surface area contributed by atoms with Crippen molar-refractivity contribution in [2.24, 2.45) is 0 Å². The first-order valence-electron chi connectivity index (χ1n) is 2.35. The second kappa shape index (κ2) is 3.92. The van der Waals surface area contributed by atoms with Crippen molar-refractivity contribution >= 4 is 0 Å². The van der Waals surface area contributed by atoms with Gasteiger partial charge < -0.3 is 6.15 Å². The van der Waals surface area contributed by atoms with Gasteiger partial charge in [-0.15, -0.1) is 0 Å². The van der Waals surface area contributed by atoms with Gasteiger partial charge in [-0.05, 0) is 0 Å². The van der Waals surface area contributed by atoms with E-state index in [-0.39, 0.29) is 6.15 Å². The van der Waals surface area contributed by atoms with Gasteiger partial charge in [-0.3, -0.25) is 0 Å². The molecule has 0 aromatic carbocycles. The Morgan fingerprint density at radius 3 is 1.42 bits per heavy atom. The Labute approximate surface area is 63.1 Å². The monoisotopic (exact) mass is 201 g/mol. The van der Waals surface area contributed by atoms with Crippen molar-refractivity contribution in [2.75, 3.05) is 6.67 Å². The zero-order chi connectivity index (χ0) is 9.28. The SMILES string of the molecule is FCC(F)(F)C(F)(F)C(F)F.N. The van der Waals surface area contributed by atoms with E-state index in [1.165, 1.54) is 0 Å². The van der Waals surface area contributed by atoms with Gasteiger partial charge in [0.15, 0.2) is 6.67 Å². The van der Waals surface area contributed by atoms with Crippen LogP contribution in [-0.4, -0.2) is 24.9 Å². The van der Waals surface area contributed by atoms with Crippen LogP contribution in [0.1, 0.15) is 0 Å². The van der Waals surface area contributed by atoms with Crippen molar-refractivity contribution in [3.05, 3.63) is 0 Å². The Morgan fingerprint density at radius 1 is 1.00 bits per heavy atom. The maximum absolute atomic E-state index is 11.6. The molecule has 0 fully saturated rings. The van der Waals surface area contributed by atoms with Crippen LogP contribution in [0.5, 0.6) is 0 Å². The molecule has 0 aliphatic carbocycles. The van der Waals surface area contributed by atoms with E-state index in [4.69, 9.17) is 0 Å². The highest BCUT2D eigenvalue weighted by molar-refractivity contribution is 4.86. The minimum Gasteiger partial charge on any atom is -0.344 e. The zero-order valence-electron chi connectivity index (χ0n) is 5.64. The summed E-state index contributed by atoms with van der Waals surface area (Å²) in [6.07, 6.45) is -4.56. The molecular weight excluding hydrogens is 195 g/mol. The number of hydrogen-bond acceptors (Lipinski definition) is 1. The van der Waals surface area contributed by atoms with Crippen molar-refractivity contribution in [3.8, 4) is 0 Å². The Hall–Kier alpha value is -0.530. The molecular formula is C4H6F7N. The largest absolute Gasteiger partial charge is 0.371 e. The van der Waals surface area contributed by atoms with Gasteiger partial charge in [0.2, 0.25) is 0 Å². The minimum absolute atomic E-state index is 0. The predicted octanol–water partition coefficient (Wildman–Crippen LogP) is 2.65. The highest BCUT2D eigenvalue weighted by atomic mass is 19.3. The van der Waals surface area contributed by atoms with E-state index >= 15 is 0 Å². The van der Waals surface area contributed by atoms with E-state index in [1.807, 2.05) is 0 Å². The maximum atomic E-state index is 11.6. The molecule has 0 saturated carbocycles. The third-order valence-electron chi connectivity index (χ3n) is 0.930. The second-order valence-electron chi connectivity index (χ2n) is 1.76. The van der Waals surface area contributed by atoms with Crippen LogP contribution < -0.4 is 6.15 Å². The van der Waals surface area contributed by atoms with E-state index in [2.05, 4.69) is 0 Å². The molecule has 76 valence electrons. The molecule has 0 amide bonds. The molecule has 12 heavy (non-hydrogen) atoms. The lowest BCUT2D eigenvalue weighted by Gasteiger charge is -2.22. The molecule has 0 saturated heterocycles. The summed E-state index contributed by atoms with van der Waals surface area (Å²) < 4.78 is 79.6. The Kier molecular flexibility index (Phi) is 4.58. The summed E-state index contributed by atoms with van der Waals surface area (Å²) in [4.78, 5) is 0. The molecule has 0 heterocycles. The number of rotatable bonds is 3. The molecule has 0 aliphatic heterocycles. The zero-order valence-corrected chi connectivity index (χ0v) is 5.64. The van der Waals surface area contributed by atoms with Crippen molar-refractivity contribution in [1.82, 2.24) is 6.15 Å². The average Bonchev–Trinajstić information content (AvgIpc) is 1.87. The third kappa shape index (κ3) is 2.23. The molecule has 8 heteroatoms. The van der Waals surface area contributed by atoms with Gasteiger partial charge in [0.05, 0.1) is 0 Å². The fourth-order valence-corrected chi connectivity index (χ4v) is 0.249. The van der Waals surface area contributed by atoms with Crippen molar-refractivity contribution in [1.29, 1.82) is 0 Å². The number of halogens is 7. The number of hydrogen-bond donors (Lipinski definition) is 1. The lowest BCUT2D eigenvalue weighted by molar-refractivity contribution is -0.267. The summed E-state index contributed by atoms with van der Waals surface area (Å²) >= 11 is 0. The van der Waals surface area contributed by atoms with Crippen LogP contribution in [-0.2, 0) is 0 Å². The molecule has 0 rings (SSSR count). The maximum Gasteiger partial charge on any atom is 0.371 e. The topological polar surface area (TPSA) is 35.0 Å². The van der Waals surface area contributed by atoms with E-state index < -0.39 is 24.9 Å². The molecule has 0 radical (unpaired) electrons. The Bertz CT molecular complexity index is 133. The molecule has 3 N–H and O–H groups in total. The fourth-order valence-electron chi connectivity index (χ4n) is 0.249. The molecule has 0 aromatic rings. The smallest absolute Gasteiger partial charge is 0.344 e. The summed E-state index contributed by atoms with van der Waals surface area (Å²) in [5.74, 6) is -10.9. The van der Waals surface area contributed by atoms with E-state index in [0.717, 1.165) is 0 Å². The second-order valence-corrected chi connectivity index (χ2v) is 1.76. The predicted molar refractivity (Wildman–Crippen MR) is 26.9 cm³/mol. The molecule has 0 atom stereocenters. The first kappa shape index (κ1) is 14.0. The van der Waals surface area contributed by atoms with E-state index in [0.29, 0.717) is 0 Å². The summed E-state index contributed by atoms with van der Waals surface area (Å²) in [5.41, 5.74) is 0. The molecule has 0 bridgehead atoms. The van der Waals surface area contributed by atoms with Crippen LogP contribution in [0.4, 0.5) is 30.7 Å². The number of alkyl halides is 7. The Morgan fingerprint density at radius 2 is 1.33 bits per heavy atom. The van der Waals surface area contributed by atoms with Gasteiger partial charge in [0.25, 0.3) is 0 Å². The first-order chi connectivity index (χ1) is 4.75. The van der Waals surface area contributed by atoms with Crippen molar-refractivity contribution in [3.63, 3.8) is 0 Å². The van der Waals surface area contributed by atoms with Crippen molar-refractivity contribution in [2.45, 2.75) is 18.3 Å². The van der Waals surface area contributed by atoms with Crippen molar-refractivity contribution < 1.29 is 30.7 Å². The molecule has 0 aliphatic rings. The van der Waals surface area contributed by atoms with Crippen LogP contribution in [0.3, 0.4) is 0 Å². The van der Waals surface area contributed by atoms with E-state index in [1.54, 1.807) is 0 Å². The van der Waals surface area contributed by atoms with Crippen LogP contribution >= 0.6 is 0 Å². The standard InChI is InChI=1S/C4H3F7.H3N/c5-1-3(8,9)4(10,11)2(6)7;/h2H,1H2;1H3. The van der Waals surface area contributed by atoms with E-state index in [9.17, 15) is 30.7 Å². The lowest BCUT2D eigenvalue weighted by atomic mass is 10.2. The fraction of sp³-hybridized carbons (Fsp3) is 1.00. The third-order valence-corrected chi connectivity index (χ3v) is 0.930. The van der Waals surface area contributed by atoms with Gasteiger partial charge in [-0.25, -0.2) is 13.2 Å². The van der Waals surface area contributed by atoms with Crippen LogP contribution in [0.15, 0.2) is 0 Å². The van der Waals surface area contributed by atoms with Crippen LogP contribution in [0.25, 0.3) is 0 Å². The summed E-state index contributed by atoms with van der Waals surface area (Å²) in [6.45, 7) is -2.80. The minimum atomic E-state index is -5.60. The highest BCUT2D eigenvalue weighted by Gasteiger charge is 2.62.